The van der Waals surface area contributed by atoms with Crippen molar-refractivity contribution in [1.82, 2.24) is 0 Å². The first-order chi connectivity index (χ1) is 16.4. The fraction of sp³-hybridized carbons (Fsp3) is 0. The molecular formula is C27H17NO6-2. The molecule has 0 aliphatic rings. The maximum absolute atomic E-state index is 12.7. The van der Waals surface area contributed by atoms with Crippen molar-refractivity contribution in [3.8, 4) is 22.6 Å². The number of carboxylic acids is 2. The molecule has 0 fully saturated rings. The van der Waals surface area contributed by atoms with Gasteiger partial charge < -0.3 is 29.9 Å². The lowest BCUT2D eigenvalue weighted by molar-refractivity contribution is -0.259. The second-order valence-electron chi connectivity index (χ2n) is 7.31. The fourth-order valence-electron chi connectivity index (χ4n) is 3.36. The van der Waals surface area contributed by atoms with Gasteiger partial charge in [-0.25, -0.2) is 0 Å². The molecule has 0 saturated heterocycles. The van der Waals surface area contributed by atoms with E-state index in [1.54, 1.807) is 36.4 Å². The Bertz CT molecular complexity index is 1360. The minimum Gasteiger partial charge on any atom is -0.545 e. The Morgan fingerprint density at radius 3 is 1.94 bits per heavy atom. The van der Waals surface area contributed by atoms with Crippen LogP contribution in [0.1, 0.15) is 31.1 Å². The molecule has 0 unspecified atom stereocenters. The third-order valence-corrected chi connectivity index (χ3v) is 5.01. The molecule has 0 aromatic heterocycles. The van der Waals surface area contributed by atoms with Gasteiger partial charge in [0.25, 0.3) is 5.91 Å². The van der Waals surface area contributed by atoms with Crippen LogP contribution in [0.5, 0.6) is 11.5 Å². The van der Waals surface area contributed by atoms with Gasteiger partial charge in [0.2, 0.25) is 0 Å². The molecule has 1 N–H and O–H groups in total. The van der Waals surface area contributed by atoms with Crippen molar-refractivity contribution in [2.24, 2.45) is 0 Å². The summed E-state index contributed by atoms with van der Waals surface area (Å²) >= 11 is 0. The van der Waals surface area contributed by atoms with Crippen molar-refractivity contribution >= 4 is 23.5 Å². The van der Waals surface area contributed by atoms with Crippen LogP contribution in [0.3, 0.4) is 0 Å². The zero-order chi connectivity index (χ0) is 24.1. The van der Waals surface area contributed by atoms with Crippen LogP contribution in [0.15, 0.2) is 97.1 Å². The summed E-state index contributed by atoms with van der Waals surface area (Å²) < 4.78 is 5.64. The summed E-state index contributed by atoms with van der Waals surface area (Å²) in [7, 11) is 0. The van der Waals surface area contributed by atoms with E-state index in [4.69, 9.17) is 4.74 Å². The highest BCUT2D eigenvalue weighted by Gasteiger charge is 2.10. The smallest absolute Gasteiger partial charge is 0.255 e. The van der Waals surface area contributed by atoms with Crippen LogP contribution in [0.4, 0.5) is 5.69 Å². The third kappa shape index (κ3) is 5.11. The van der Waals surface area contributed by atoms with Crippen LogP contribution in [0.2, 0.25) is 0 Å². The lowest BCUT2D eigenvalue weighted by Crippen LogP contribution is -2.30. The monoisotopic (exact) mass is 451 g/mol. The van der Waals surface area contributed by atoms with E-state index in [9.17, 15) is 24.6 Å². The first kappa shape index (κ1) is 22.3. The summed E-state index contributed by atoms with van der Waals surface area (Å²) in [5, 5.41) is 25.1. The van der Waals surface area contributed by atoms with Gasteiger partial charge in [-0.3, -0.25) is 4.79 Å². The second kappa shape index (κ2) is 9.70. The van der Waals surface area contributed by atoms with Gasteiger partial charge in [0, 0.05) is 28.4 Å². The van der Waals surface area contributed by atoms with E-state index in [1.165, 1.54) is 6.07 Å². The third-order valence-electron chi connectivity index (χ3n) is 5.01. The standard InChI is InChI=1S/C27H19NO6/c29-25(19-11-9-18(10-12-19)17-5-2-1-3-6-17)28-20-7-4-8-21(15-20)34-22-13-14-23(26(30)31)24(16-22)27(32)33/h1-16H,(H,28,29)(H,30,31)(H,32,33)/p-2. The van der Waals surface area contributed by atoms with E-state index in [0.717, 1.165) is 23.3 Å². The maximum atomic E-state index is 12.7. The highest BCUT2D eigenvalue weighted by molar-refractivity contribution is 6.04. The quantitative estimate of drug-likeness (QED) is 0.461. The van der Waals surface area contributed by atoms with Crippen molar-refractivity contribution in [1.29, 1.82) is 0 Å². The normalized spacial score (nSPS) is 10.4. The summed E-state index contributed by atoms with van der Waals surface area (Å²) in [5.41, 5.74) is 1.91. The second-order valence-corrected chi connectivity index (χ2v) is 7.31. The molecule has 4 aromatic rings. The van der Waals surface area contributed by atoms with Crippen molar-refractivity contribution in [3.05, 3.63) is 114 Å². The zero-order valence-corrected chi connectivity index (χ0v) is 17.7. The molecule has 0 heterocycles. The number of amides is 1. The van der Waals surface area contributed by atoms with Gasteiger partial charge in [0.15, 0.2) is 0 Å². The van der Waals surface area contributed by atoms with Crippen molar-refractivity contribution in [3.63, 3.8) is 0 Å². The van der Waals surface area contributed by atoms with Gasteiger partial charge >= 0.3 is 0 Å². The average molecular weight is 451 g/mol. The van der Waals surface area contributed by atoms with E-state index >= 15 is 0 Å². The number of hydrogen-bond acceptors (Lipinski definition) is 6. The van der Waals surface area contributed by atoms with Gasteiger partial charge in [0.05, 0.1) is 11.9 Å². The highest BCUT2D eigenvalue weighted by atomic mass is 16.5. The average Bonchev–Trinajstić information content (AvgIpc) is 2.84. The molecule has 0 aliphatic carbocycles. The molecule has 168 valence electrons. The van der Waals surface area contributed by atoms with Crippen LogP contribution in [0.25, 0.3) is 11.1 Å². The van der Waals surface area contributed by atoms with Crippen LogP contribution in [0, 0.1) is 0 Å². The van der Waals surface area contributed by atoms with Crippen LogP contribution in [-0.2, 0) is 0 Å². The SMILES string of the molecule is O=C(Nc1cccc(Oc2ccc(C(=O)[O-])c(C(=O)[O-])c2)c1)c1ccc(-c2ccccc2)cc1. The number of aromatic carboxylic acids is 2. The highest BCUT2D eigenvalue weighted by Crippen LogP contribution is 2.27. The van der Waals surface area contributed by atoms with E-state index in [1.807, 2.05) is 42.5 Å². The molecule has 34 heavy (non-hydrogen) atoms. The fourth-order valence-corrected chi connectivity index (χ4v) is 3.36. The molecule has 0 aliphatic heterocycles. The van der Waals surface area contributed by atoms with Gasteiger partial charge in [-0.2, -0.15) is 0 Å². The van der Waals surface area contributed by atoms with Gasteiger partial charge in [-0.15, -0.1) is 0 Å². The predicted molar refractivity (Wildman–Crippen MR) is 121 cm³/mol. The molecule has 7 nitrogen and oxygen atoms in total. The molecule has 0 bridgehead atoms. The lowest BCUT2D eigenvalue weighted by atomic mass is 10.0. The van der Waals surface area contributed by atoms with Gasteiger partial charge in [-0.05, 0) is 53.6 Å². The molecule has 1 amide bonds. The lowest BCUT2D eigenvalue weighted by Gasteiger charge is -2.14. The Hall–Kier alpha value is -4.91. The summed E-state index contributed by atoms with van der Waals surface area (Å²) in [6.07, 6.45) is 0. The molecule has 0 spiro atoms. The first-order valence-corrected chi connectivity index (χ1v) is 10.2. The maximum Gasteiger partial charge on any atom is 0.255 e. The number of ether oxygens (including phenoxy) is 1. The molecular weight excluding hydrogens is 434 g/mol. The number of anilines is 1. The number of benzene rings is 4. The topological polar surface area (TPSA) is 119 Å². The van der Waals surface area contributed by atoms with Gasteiger partial charge in [-0.1, -0.05) is 48.5 Å². The van der Waals surface area contributed by atoms with Crippen molar-refractivity contribution < 1.29 is 29.3 Å². The number of nitrogens with one attached hydrogen (secondary N) is 1. The Kier molecular flexibility index (Phi) is 6.36. The van der Waals surface area contributed by atoms with E-state index in [-0.39, 0.29) is 11.7 Å². The van der Waals surface area contributed by atoms with Crippen molar-refractivity contribution in [2.45, 2.75) is 0 Å². The number of hydrogen-bond donors (Lipinski definition) is 1. The molecule has 0 atom stereocenters. The van der Waals surface area contributed by atoms with Crippen molar-refractivity contribution in [2.75, 3.05) is 5.32 Å². The van der Waals surface area contributed by atoms with Crippen LogP contribution >= 0.6 is 0 Å². The number of carbonyl (C=O) groups is 3. The Balaban J connectivity index is 1.48. The van der Waals surface area contributed by atoms with E-state index in [2.05, 4.69) is 5.32 Å². The predicted octanol–water partition coefficient (Wildman–Crippen LogP) is 3.13. The largest absolute Gasteiger partial charge is 0.545 e. The Morgan fingerprint density at radius 1 is 0.618 bits per heavy atom. The van der Waals surface area contributed by atoms with E-state index in [0.29, 0.717) is 17.0 Å². The number of carbonyl (C=O) groups excluding carboxylic acids is 3. The van der Waals surface area contributed by atoms with Crippen LogP contribution < -0.4 is 20.3 Å². The molecule has 4 rings (SSSR count). The minimum absolute atomic E-state index is 0.0872. The minimum atomic E-state index is -1.66. The number of rotatable bonds is 7. The molecule has 4 aromatic carbocycles. The zero-order valence-electron chi connectivity index (χ0n) is 17.7. The number of carboxylic acid groups (broad SMARTS) is 2. The van der Waals surface area contributed by atoms with E-state index < -0.39 is 23.1 Å². The van der Waals surface area contributed by atoms with Crippen LogP contribution in [-0.4, -0.2) is 17.8 Å². The summed E-state index contributed by atoms with van der Waals surface area (Å²) in [6, 6.07) is 26.9. The Morgan fingerprint density at radius 2 is 1.26 bits per heavy atom. The first-order valence-electron chi connectivity index (χ1n) is 10.2. The summed E-state index contributed by atoms with van der Waals surface area (Å²) in [5.74, 6) is -3.21. The molecule has 7 heteroatoms. The summed E-state index contributed by atoms with van der Waals surface area (Å²) in [6.45, 7) is 0. The molecule has 0 saturated carbocycles. The summed E-state index contributed by atoms with van der Waals surface area (Å²) in [4.78, 5) is 35.0. The molecule has 0 radical (unpaired) electrons. The van der Waals surface area contributed by atoms with Gasteiger partial charge in [0.1, 0.15) is 11.5 Å². The Labute approximate surface area is 194 Å².